The Balaban J connectivity index is 2.25. The van der Waals surface area contributed by atoms with Gasteiger partial charge in [-0.25, -0.2) is 9.78 Å². The number of aryl methyl sites for hydroxylation is 1. The number of urea groups is 1. The Morgan fingerprint density at radius 2 is 2.29 bits per heavy atom. The van der Waals surface area contributed by atoms with E-state index in [4.69, 9.17) is 5.11 Å². The van der Waals surface area contributed by atoms with Crippen LogP contribution in [0.15, 0.2) is 12.4 Å². The molecule has 0 aromatic carbocycles. The Morgan fingerprint density at radius 1 is 1.59 bits per heavy atom. The van der Waals surface area contributed by atoms with E-state index < -0.39 is 18.0 Å². The number of hydrogen-bond donors (Lipinski definition) is 3. The predicted octanol–water partition coefficient (Wildman–Crippen LogP) is -0.265. The van der Waals surface area contributed by atoms with Crippen LogP contribution in [0.2, 0.25) is 0 Å². The molecule has 0 fully saturated rings. The highest BCUT2D eigenvalue weighted by atomic mass is 16.4. The number of nitrogens with one attached hydrogen (secondary N) is 2. The van der Waals surface area contributed by atoms with E-state index in [9.17, 15) is 9.59 Å². The number of carboxylic acid groups (broad SMARTS) is 1. The van der Waals surface area contributed by atoms with Crippen LogP contribution in [0.3, 0.4) is 0 Å². The second-order valence-electron chi connectivity index (χ2n) is 3.66. The standard InChI is InChI=1S/C10H16N4O3/c1-7(9(15)16)13-10(17)12-4-3-8-11-5-6-14(8)2/h5-7H,3-4H2,1-2H3,(H,15,16)(H2,12,13,17)/t7-/m1/s1. The van der Waals surface area contributed by atoms with E-state index in [0.29, 0.717) is 13.0 Å². The summed E-state index contributed by atoms with van der Waals surface area (Å²) in [5, 5.41) is 13.5. The summed E-state index contributed by atoms with van der Waals surface area (Å²) in [4.78, 5) is 25.8. The lowest BCUT2D eigenvalue weighted by Crippen LogP contribution is -2.44. The molecule has 2 amide bonds. The van der Waals surface area contributed by atoms with Crippen molar-refractivity contribution in [2.24, 2.45) is 7.05 Å². The first-order valence-electron chi connectivity index (χ1n) is 5.24. The number of rotatable bonds is 5. The van der Waals surface area contributed by atoms with Gasteiger partial charge in [-0.05, 0) is 6.92 Å². The molecule has 0 aliphatic heterocycles. The van der Waals surface area contributed by atoms with Crippen LogP contribution >= 0.6 is 0 Å². The van der Waals surface area contributed by atoms with Gasteiger partial charge in [-0.3, -0.25) is 4.79 Å². The highest BCUT2D eigenvalue weighted by Crippen LogP contribution is 1.93. The van der Waals surface area contributed by atoms with Crippen LogP contribution in [0.5, 0.6) is 0 Å². The monoisotopic (exact) mass is 240 g/mol. The molecule has 0 aliphatic carbocycles. The van der Waals surface area contributed by atoms with Crippen molar-refractivity contribution < 1.29 is 14.7 Å². The van der Waals surface area contributed by atoms with Crippen LogP contribution in [0.1, 0.15) is 12.7 Å². The number of aromatic nitrogens is 2. The molecular formula is C10H16N4O3. The molecule has 3 N–H and O–H groups in total. The zero-order valence-corrected chi connectivity index (χ0v) is 9.80. The maximum atomic E-state index is 11.3. The third-order valence-corrected chi connectivity index (χ3v) is 2.27. The van der Waals surface area contributed by atoms with Crippen molar-refractivity contribution in [2.45, 2.75) is 19.4 Å². The first-order chi connectivity index (χ1) is 8.00. The molecule has 1 aromatic heterocycles. The number of carbonyl (C=O) groups is 2. The van der Waals surface area contributed by atoms with E-state index in [2.05, 4.69) is 15.6 Å². The Labute approximate surface area is 98.8 Å². The van der Waals surface area contributed by atoms with Crippen molar-refractivity contribution in [3.05, 3.63) is 18.2 Å². The number of carboxylic acids is 1. The van der Waals surface area contributed by atoms with E-state index in [-0.39, 0.29) is 0 Å². The van der Waals surface area contributed by atoms with Crippen molar-refractivity contribution in [1.82, 2.24) is 20.2 Å². The van der Waals surface area contributed by atoms with Crippen LogP contribution in [-0.2, 0) is 18.3 Å². The summed E-state index contributed by atoms with van der Waals surface area (Å²) in [7, 11) is 1.87. The van der Waals surface area contributed by atoms with E-state index in [0.717, 1.165) is 5.82 Å². The zero-order valence-electron chi connectivity index (χ0n) is 9.80. The number of hydrogen-bond acceptors (Lipinski definition) is 3. The average Bonchev–Trinajstić information content (AvgIpc) is 2.64. The van der Waals surface area contributed by atoms with Crippen molar-refractivity contribution in [3.63, 3.8) is 0 Å². The van der Waals surface area contributed by atoms with Crippen LogP contribution < -0.4 is 10.6 Å². The fourth-order valence-corrected chi connectivity index (χ4v) is 1.23. The zero-order chi connectivity index (χ0) is 12.8. The minimum atomic E-state index is -1.07. The van der Waals surface area contributed by atoms with Gasteiger partial charge in [-0.1, -0.05) is 0 Å². The molecule has 0 aliphatic rings. The van der Waals surface area contributed by atoms with E-state index in [1.807, 2.05) is 17.8 Å². The van der Waals surface area contributed by atoms with Gasteiger partial charge in [-0.2, -0.15) is 0 Å². The molecule has 0 radical (unpaired) electrons. The van der Waals surface area contributed by atoms with Crippen LogP contribution in [0.4, 0.5) is 4.79 Å². The summed E-state index contributed by atoms with van der Waals surface area (Å²) >= 11 is 0. The maximum absolute atomic E-state index is 11.3. The maximum Gasteiger partial charge on any atom is 0.325 e. The van der Waals surface area contributed by atoms with Crippen molar-refractivity contribution in [2.75, 3.05) is 6.54 Å². The quantitative estimate of drug-likeness (QED) is 0.660. The molecule has 7 heteroatoms. The predicted molar refractivity (Wildman–Crippen MR) is 60.5 cm³/mol. The number of aliphatic carboxylic acids is 1. The highest BCUT2D eigenvalue weighted by molar-refractivity contribution is 5.82. The lowest BCUT2D eigenvalue weighted by atomic mass is 10.3. The van der Waals surface area contributed by atoms with Gasteiger partial charge in [-0.15, -0.1) is 0 Å². The summed E-state index contributed by atoms with van der Waals surface area (Å²) in [5.41, 5.74) is 0. The minimum absolute atomic E-state index is 0.406. The second-order valence-corrected chi connectivity index (χ2v) is 3.66. The smallest absolute Gasteiger partial charge is 0.325 e. The Bertz CT molecular complexity index is 402. The molecule has 1 atom stereocenters. The molecule has 0 saturated carbocycles. The second kappa shape index (κ2) is 5.88. The third kappa shape index (κ3) is 4.13. The third-order valence-electron chi connectivity index (χ3n) is 2.27. The summed E-state index contributed by atoms with van der Waals surface area (Å²) < 4.78 is 1.86. The molecule has 0 spiro atoms. The molecule has 17 heavy (non-hydrogen) atoms. The Kier molecular flexibility index (Phi) is 4.50. The van der Waals surface area contributed by atoms with Gasteiger partial charge in [0, 0.05) is 32.4 Å². The SMILES string of the molecule is C[C@@H](NC(=O)NCCc1nccn1C)C(=O)O. The van der Waals surface area contributed by atoms with Crippen molar-refractivity contribution >= 4 is 12.0 Å². The van der Waals surface area contributed by atoms with Crippen molar-refractivity contribution in [1.29, 1.82) is 0 Å². The van der Waals surface area contributed by atoms with Gasteiger partial charge in [0.1, 0.15) is 11.9 Å². The van der Waals surface area contributed by atoms with E-state index in [1.165, 1.54) is 6.92 Å². The first kappa shape index (κ1) is 13.0. The lowest BCUT2D eigenvalue weighted by Gasteiger charge is -2.10. The molecule has 1 rings (SSSR count). The molecule has 1 aromatic rings. The molecule has 0 unspecified atom stereocenters. The topological polar surface area (TPSA) is 96.3 Å². The fraction of sp³-hybridized carbons (Fsp3) is 0.500. The summed E-state index contributed by atoms with van der Waals surface area (Å²) in [5.74, 6) is -0.208. The Hall–Kier alpha value is -2.05. The summed E-state index contributed by atoms with van der Waals surface area (Å²) in [6.45, 7) is 1.81. The van der Waals surface area contributed by atoms with Gasteiger partial charge < -0.3 is 20.3 Å². The van der Waals surface area contributed by atoms with Gasteiger partial charge in [0.05, 0.1) is 0 Å². The van der Waals surface area contributed by atoms with Gasteiger partial charge in [0.15, 0.2) is 0 Å². The number of imidazole rings is 1. The number of carbonyl (C=O) groups excluding carboxylic acids is 1. The van der Waals surface area contributed by atoms with Gasteiger partial charge >= 0.3 is 12.0 Å². The summed E-state index contributed by atoms with van der Waals surface area (Å²) in [6, 6.07) is -1.39. The molecule has 0 saturated heterocycles. The van der Waals surface area contributed by atoms with Gasteiger partial charge in [0.2, 0.25) is 0 Å². The first-order valence-corrected chi connectivity index (χ1v) is 5.24. The number of nitrogens with zero attached hydrogens (tertiary/aromatic N) is 2. The molecule has 94 valence electrons. The fourth-order valence-electron chi connectivity index (χ4n) is 1.23. The minimum Gasteiger partial charge on any atom is -0.480 e. The molecular weight excluding hydrogens is 224 g/mol. The Morgan fingerprint density at radius 3 is 2.82 bits per heavy atom. The number of amides is 2. The van der Waals surface area contributed by atoms with Crippen LogP contribution in [-0.4, -0.2) is 39.2 Å². The van der Waals surface area contributed by atoms with E-state index >= 15 is 0 Å². The average molecular weight is 240 g/mol. The lowest BCUT2D eigenvalue weighted by molar-refractivity contribution is -0.138. The van der Waals surface area contributed by atoms with Crippen molar-refractivity contribution in [3.8, 4) is 0 Å². The normalized spacial score (nSPS) is 11.9. The van der Waals surface area contributed by atoms with Crippen LogP contribution in [0, 0.1) is 0 Å². The molecule has 0 bridgehead atoms. The molecule has 7 nitrogen and oxygen atoms in total. The van der Waals surface area contributed by atoms with Crippen LogP contribution in [0.25, 0.3) is 0 Å². The van der Waals surface area contributed by atoms with E-state index in [1.54, 1.807) is 6.20 Å². The largest absolute Gasteiger partial charge is 0.480 e. The summed E-state index contributed by atoms with van der Waals surface area (Å²) in [6.07, 6.45) is 4.10. The highest BCUT2D eigenvalue weighted by Gasteiger charge is 2.13. The molecule has 1 heterocycles. The van der Waals surface area contributed by atoms with Gasteiger partial charge in [0.25, 0.3) is 0 Å².